The predicted octanol–water partition coefficient (Wildman–Crippen LogP) is 4.35. The van der Waals surface area contributed by atoms with Gasteiger partial charge in [0.25, 0.3) is 0 Å². The zero-order valence-corrected chi connectivity index (χ0v) is 18.8. The van der Waals surface area contributed by atoms with Gasteiger partial charge in [0, 0.05) is 44.0 Å². The van der Waals surface area contributed by atoms with Gasteiger partial charge in [0.15, 0.2) is 0 Å². The van der Waals surface area contributed by atoms with Crippen LogP contribution in [-0.2, 0) is 15.9 Å². The van der Waals surface area contributed by atoms with Gasteiger partial charge in [-0.15, -0.1) is 0 Å². The maximum Gasteiger partial charge on any atom is 0.137 e. The first-order chi connectivity index (χ1) is 13.1. The van der Waals surface area contributed by atoms with E-state index in [0.29, 0.717) is 12.7 Å². The van der Waals surface area contributed by atoms with Crippen molar-refractivity contribution in [1.29, 1.82) is 0 Å². The molecule has 1 aromatic heterocycles. The molecule has 1 aliphatic heterocycles. The second-order valence-corrected chi connectivity index (χ2v) is 9.97. The van der Waals surface area contributed by atoms with Gasteiger partial charge in [-0.05, 0) is 51.2 Å². The molecule has 1 aromatic rings. The van der Waals surface area contributed by atoms with Crippen LogP contribution in [0.5, 0.6) is 5.75 Å². The minimum atomic E-state index is 0.219. The van der Waals surface area contributed by atoms with Crippen LogP contribution in [0.1, 0.15) is 60.1 Å². The Balaban J connectivity index is 1.51. The zero-order valence-electron chi connectivity index (χ0n) is 18.8. The lowest BCUT2D eigenvalue weighted by Crippen LogP contribution is -2.59. The van der Waals surface area contributed by atoms with E-state index in [0.717, 1.165) is 63.6 Å². The highest BCUT2D eigenvalue weighted by Crippen LogP contribution is 2.23. The number of hydrogen-bond donors (Lipinski definition) is 0. The highest BCUT2D eigenvalue weighted by molar-refractivity contribution is 5.19. The molecule has 0 unspecified atom stereocenters. The van der Waals surface area contributed by atoms with Crippen molar-refractivity contribution in [1.82, 2.24) is 9.88 Å². The van der Waals surface area contributed by atoms with Crippen molar-refractivity contribution in [3.8, 4) is 5.75 Å². The Morgan fingerprint density at radius 3 is 2.36 bits per heavy atom. The minimum Gasteiger partial charge on any atom is -0.492 e. The van der Waals surface area contributed by atoms with Crippen molar-refractivity contribution in [2.75, 3.05) is 39.5 Å². The third-order valence-corrected chi connectivity index (χ3v) is 4.76. The second kappa shape index (κ2) is 10.6. The van der Waals surface area contributed by atoms with E-state index in [1.807, 2.05) is 12.3 Å². The smallest absolute Gasteiger partial charge is 0.137 e. The summed E-state index contributed by atoms with van der Waals surface area (Å²) in [6.45, 7) is 18.4. The zero-order chi connectivity index (χ0) is 20.6. The van der Waals surface area contributed by atoms with Crippen LogP contribution in [0.4, 0.5) is 0 Å². The van der Waals surface area contributed by atoms with E-state index in [-0.39, 0.29) is 11.0 Å². The molecule has 5 nitrogen and oxygen atoms in total. The fourth-order valence-corrected chi connectivity index (χ4v) is 2.97. The van der Waals surface area contributed by atoms with Crippen LogP contribution in [0.25, 0.3) is 0 Å². The van der Waals surface area contributed by atoms with Crippen LogP contribution in [0.3, 0.4) is 0 Å². The number of likely N-dealkylation sites (tertiary alicyclic amines) is 1. The van der Waals surface area contributed by atoms with Gasteiger partial charge in [-0.1, -0.05) is 20.8 Å². The van der Waals surface area contributed by atoms with Gasteiger partial charge < -0.3 is 14.2 Å². The Hall–Kier alpha value is -1.17. The number of rotatable bonds is 11. The fraction of sp³-hybridized carbons (Fsp3) is 0.783. The molecule has 2 heterocycles. The SMILES string of the molecule is CC(C)(C)COCCCOc1ccc(CCCOC2CN(C(C)(C)C)C2)nc1. The molecule has 1 fully saturated rings. The number of aromatic nitrogens is 1. The summed E-state index contributed by atoms with van der Waals surface area (Å²) in [4.78, 5) is 6.95. The highest BCUT2D eigenvalue weighted by atomic mass is 16.5. The van der Waals surface area contributed by atoms with E-state index in [1.54, 1.807) is 0 Å². The Bertz CT molecular complexity index is 555. The molecule has 0 radical (unpaired) electrons. The number of pyridine rings is 1. The molecule has 0 aromatic carbocycles. The summed E-state index contributed by atoms with van der Waals surface area (Å²) in [5.41, 5.74) is 1.57. The summed E-state index contributed by atoms with van der Waals surface area (Å²) in [7, 11) is 0. The molecular weight excluding hydrogens is 352 g/mol. The van der Waals surface area contributed by atoms with Crippen LogP contribution in [-0.4, -0.2) is 61.0 Å². The van der Waals surface area contributed by atoms with Crippen molar-refractivity contribution < 1.29 is 14.2 Å². The van der Waals surface area contributed by atoms with Gasteiger partial charge in [0.2, 0.25) is 0 Å². The Morgan fingerprint density at radius 1 is 1.00 bits per heavy atom. The summed E-state index contributed by atoms with van der Waals surface area (Å²) < 4.78 is 17.3. The molecule has 0 atom stereocenters. The molecule has 0 N–H and O–H groups in total. The summed E-state index contributed by atoms with van der Waals surface area (Å²) in [5.74, 6) is 0.826. The number of nitrogens with zero attached hydrogens (tertiary/aromatic N) is 2. The first kappa shape index (κ1) is 23.1. The van der Waals surface area contributed by atoms with Crippen LogP contribution in [0.2, 0.25) is 0 Å². The molecule has 1 saturated heterocycles. The summed E-state index contributed by atoms with van der Waals surface area (Å²) >= 11 is 0. The number of ether oxygens (including phenoxy) is 3. The summed E-state index contributed by atoms with van der Waals surface area (Å²) in [5, 5.41) is 0. The summed E-state index contributed by atoms with van der Waals surface area (Å²) in [6, 6.07) is 4.06. The number of aryl methyl sites for hydroxylation is 1. The molecule has 0 aliphatic carbocycles. The van der Waals surface area contributed by atoms with Crippen molar-refractivity contribution in [3.05, 3.63) is 24.0 Å². The Kier molecular flexibility index (Phi) is 8.72. The maximum absolute atomic E-state index is 5.95. The molecule has 2 rings (SSSR count). The molecule has 5 heteroatoms. The molecule has 160 valence electrons. The highest BCUT2D eigenvalue weighted by Gasteiger charge is 2.34. The van der Waals surface area contributed by atoms with Crippen molar-refractivity contribution in [2.24, 2.45) is 5.41 Å². The quantitative estimate of drug-likeness (QED) is 0.524. The van der Waals surface area contributed by atoms with E-state index < -0.39 is 0 Å². The van der Waals surface area contributed by atoms with E-state index in [2.05, 4.69) is 57.5 Å². The van der Waals surface area contributed by atoms with Crippen molar-refractivity contribution in [2.45, 2.75) is 72.4 Å². The monoisotopic (exact) mass is 392 g/mol. The lowest BCUT2D eigenvalue weighted by atomic mass is 9.99. The fourth-order valence-electron chi connectivity index (χ4n) is 2.97. The largest absolute Gasteiger partial charge is 0.492 e. The third kappa shape index (κ3) is 8.89. The second-order valence-electron chi connectivity index (χ2n) is 9.97. The van der Waals surface area contributed by atoms with Crippen LogP contribution >= 0.6 is 0 Å². The van der Waals surface area contributed by atoms with E-state index in [1.165, 1.54) is 0 Å². The van der Waals surface area contributed by atoms with Gasteiger partial charge >= 0.3 is 0 Å². The third-order valence-electron chi connectivity index (χ3n) is 4.76. The first-order valence-corrected chi connectivity index (χ1v) is 10.7. The van der Waals surface area contributed by atoms with E-state index in [4.69, 9.17) is 14.2 Å². The first-order valence-electron chi connectivity index (χ1n) is 10.7. The predicted molar refractivity (Wildman–Crippen MR) is 114 cm³/mol. The number of hydrogen-bond acceptors (Lipinski definition) is 5. The molecular formula is C23H40N2O3. The molecule has 0 bridgehead atoms. The van der Waals surface area contributed by atoms with Gasteiger partial charge in [-0.3, -0.25) is 9.88 Å². The average molecular weight is 393 g/mol. The van der Waals surface area contributed by atoms with Gasteiger partial charge in [0.05, 0.1) is 25.5 Å². The lowest BCUT2D eigenvalue weighted by molar-refractivity contribution is -0.0889. The topological polar surface area (TPSA) is 43.8 Å². The van der Waals surface area contributed by atoms with Crippen LogP contribution in [0.15, 0.2) is 18.3 Å². The Labute approximate surface area is 171 Å². The minimum absolute atomic E-state index is 0.219. The van der Waals surface area contributed by atoms with E-state index in [9.17, 15) is 0 Å². The summed E-state index contributed by atoms with van der Waals surface area (Å²) in [6.07, 6.45) is 5.05. The lowest BCUT2D eigenvalue weighted by Gasteiger charge is -2.47. The molecule has 1 aliphatic rings. The van der Waals surface area contributed by atoms with Crippen LogP contribution < -0.4 is 4.74 Å². The standard InChI is InChI=1S/C23H40N2O3/c1-22(2,3)18-26-12-8-14-27-20-11-10-19(24-15-20)9-7-13-28-21-16-25(17-21)23(4,5)6/h10-11,15,21H,7-9,12-14,16-18H2,1-6H3. The van der Waals surface area contributed by atoms with Gasteiger partial charge in [-0.2, -0.15) is 0 Å². The van der Waals surface area contributed by atoms with Crippen molar-refractivity contribution >= 4 is 0 Å². The maximum atomic E-state index is 5.95. The molecule has 28 heavy (non-hydrogen) atoms. The molecule has 0 saturated carbocycles. The Morgan fingerprint density at radius 2 is 1.75 bits per heavy atom. The van der Waals surface area contributed by atoms with Crippen LogP contribution in [0, 0.1) is 5.41 Å². The van der Waals surface area contributed by atoms with E-state index >= 15 is 0 Å². The normalized spacial score (nSPS) is 16.2. The average Bonchev–Trinajstić information content (AvgIpc) is 2.55. The molecule has 0 amide bonds. The van der Waals surface area contributed by atoms with Gasteiger partial charge in [-0.25, -0.2) is 0 Å². The van der Waals surface area contributed by atoms with Gasteiger partial charge in [0.1, 0.15) is 5.75 Å². The van der Waals surface area contributed by atoms with Crippen molar-refractivity contribution in [3.63, 3.8) is 0 Å². The molecule has 0 spiro atoms.